The van der Waals surface area contributed by atoms with E-state index in [1.165, 1.54) is 17.0 Å². The molecule has 3 aromatic carbocycles. The van der Waals surface area contributed by atoms with Gasteiger partial charge in [0.2, 0.25) is 11.8 Å². The molecule has 0 aliphatic heterocycles. The normalized spacial score (nSPS) is 12.1. The maximum absolute atomic E-state index is 14.0. The van der Waals surface area contributed by atoms with E-state index in [1.54, 1.807) is 55.5 Å². The summed E-state index contributed by atoms with van der Waals surface area (Å²) in [6.45, 7) is 7.22. The van der Waals surface area contributed by atoms with E-state index in [-0.39, 0.29) is 17.3 Å². The van der Waals surface area contributed by atoms with Gasteiger partial charge in [-0.05, 0) is 74.2 Å². The molecule has 208 valence electrons. The second kappa shape index (κ2) is 13.3. The number of sulfonamides is 1. The van der Waals surface area contributed by atoms with Crippen molar-refractivity contribution in [2.45, 2.75) is 51.6 Å². The molecule has 10 heteroatoms. The zero-order chi connectivity index (χ0) is 28.7. The molecule has 1 N–H and O–H groups in total. The second-order valence-corrected chi connectivity index (χ2v) is 12.0. The summed E-state index contributed by atoms with van der Waals surface area (Å²) in [7, 11) is -4.12. The van der Waals surface area contributed by atoms with E-state index in [2.05, 4.69) is 5.32 Å². The van der Waals surface area contributed by atoms with E-state index in [0.717, 1.165) is 21.9 Å². The van der Waals surface area contributed by atoms with Crippen molar-refractivity contribution in [1.82, 2.24) is 10.2 Å². The molecule has 0 saturated carbocycles. The zero-order valence-corrected chi connectivity index (χ0v) is 24.8. The van der Waals surface area contributed by atoms with Crippen molar-refractivity contribution >= 4 is 50.7 Å². The van der Waals surface area contributed by atoms with Crippen LogP contribution in [0.2, 0.25) is 10.0 Å². The van der Waals surface area contributed by atoms with Crippen LogP contribution in [-0.4, -0.2) is 44.3 Å². The SMILES string of the molecule is CCCNC(=O)[C@@H](C)N(Cc1ccc(Cl)c(Cl)c1)C(=O)CN(c1cccc(C)c1C)S(=O)(=O)c1ccccc1. The standard InChI is InChI=1S/C29H33Cl2N3O4S/c1-5-16-32-29(36)22(4)33(18-23-14-15-25(30)26(31)17-23)28(35)19-34(27-13-9-10-20(2)21(27)3)39(37,38)24-11-7-6-8-12-24/h6-15,17,22H,5,16,18-19H2,1-4H3,(H,32,36)/t22-/m1/s1. The molecule has 0 aliphatic rings. The summed E-state index contributed by atoms with van der Waals surface area (Å²) in [5, 5.41) is 3.50. The molecule has 1 atom stereocenters. The first-order valence-corrected chi connectivity index (χ1v) is 14.8. The number of anilines is 1. The number of rotatable bonds is 11. The Hall–Kier alpha value is -3.07. The molecular formula is C29H33Cl2N3O4S. The Bertz CT molecular complexity index is 1430. The van der Waals surface area contributed by atoms with Crippen LogP contribution >= 0.6 is 23.2 Å². The second-order valence-electron chi connectivity index (χ2n) is 9.28. The Labute approximate surface area is 240 Å². The van der Waals surface area contributed by atoms with Crippen molar-refractivity contribution in [3.8, 4) is 0 Å². The Morgan fingerprint density at radius 2 is 1.64 bits per heavy atom. The molecule has 3 aromatic rings. The minimum Gasteiger partial charge on any atom is -0.354 e. The summed E-state index contributed by atoms with van der Waals surface area (Å²) in [5.41, 5.74) is 2.66. The molecule has 0 bridgehead atoms. The number of amides is 2. The van der Waals surface area contributed by atoms with Crippen molar-refractivity contribution in [2.75, 3.05) is 17.4 Å². The zero-order valence-electron chi connectivity index (χ0n) is 22.4. The molecule has 0 heterocycles. The molecule has 0 spiro atoms. The Kier molecular flexibility index (Phi) is 10.4. The van der Waals surface area contributed by atoms with Crippen LogP contribution in [0.1, 0.15) is 37.0 Å². The van der Waals surface area contributed by atoms with Crippen LogP contribution in [-0.2, 0) is 26.2 Å². The molecular weight excluding hydrogens is 557 g/mol. The van der Waals surface area contributed by atoms with E-state index in [1.807, 2.05) is 26.8 Å². The predicted octanol–water partition coefficient (Wildman–Crippen LogP) is 5.75. The Morgan fingerprint density at radius 1 is 0.949 bits per heavy atom. The summed E-state index contributed by atoms with van der Waals surface area (Å²) in [4.78, 5) is 28.3. The van der Waals surface area contributed by atoms with Crippen LogP contribution in [0, 0.1) is 13.8 Å². The van der Waals surface area contributed by atoms with E-state index in [0.29, 0.717) is 27.8 Å². The van der Waals surface area contributed by atoms with Gasteiger partial charge in [0, 0.05) is 13.1 Å². The third-order valence-corrected chi connectivity index (χ3v) is 9.02. The van der Waals surface area contributed by atoms with Crippen molar-refractivity contribution < 1.29 is 18.0 Å². The molecule has 0 aliphatic carbocycles. The van der Waals surface area contributed by atoms with Crippen molar-refractivity contribution in [1.29, 1.82) is 0 Å². The fourth-order valence-electron chi connectivity index (χ4n) is 4.05. The minimum absolute atomic E-state index is 0.0302. The number of nitrogens with one attached hydrogen (secondary N) is 1. The van der Waals surface area contributed by atoms with Crippen LogP contribution in [0.15, 0.2) is 71.6 Å². The third kappa shape index (κ3) is 7.32. The fourth-order valence-corrected chi connectivity index (χ4v) is 5.87. The lowest BCUT2D eigenvalue weighted by molar-refractivity contribution is -0.139. The number of benzene rings is 3. The van der Waals surface area contributed by atoms with Crippen LogP contribution in [0.4, 0.5) is 5.69 Å². The molecule has 0 saturated heterocycles. The van der Waals surface area contributed by atoms with E-state index in [9.17, 15) is 18.0 Å². The lowest BCUT2D eigenvalue weighted by atomic mass is 10.1. The highest BCUT2D eigenvalue weighted by molar-refractivity contribution is 7.92. The maximum Gasteiger partial charge on any atom is 0.264 e. The number of nitrogens with zero attached hydrogens (tertiary/aromatic N) is 2. The van der Waals surface area contributed by atoms with Gasteiger partial charge in [-0.2, -0.15) is 0 Å². The lowest BCUT2D eigenvalue weighted by Crippen LogP contribution is -2.51. The predicted molar refractivity (Wildman–Crippen MR) is 157 cm³/mol. The smallest absolute Gasteiger partial charge is 0.264 e. The first kappa shape index (κ1) is 30.5. The number of carbonyl (C=O) groups excluding carboxylic acids is 2. The fraction of sp³-hybridized carbons (Fsp3) is 0.310. The molecule has 7 nitrogen and oxygen atoms in total. The van der Waals surface area contributed by atoms with Crippen LogP contribution in [0.25, 0.3) is 0 Å². The Balaban J connectivity index is 2.06. The van der Waals surface area contributed by atoms with E-state index < -0.39 is 28.5 Å². The summed E-state index contributed by atoms with van der Waals surface area (Å²) in [5.74, 6) is -0.880. The van der Waals surface area contributed by atoms with Gasteiger partial charge in [0.15, 0.2) is 0 Å². The largest absolute Gasteiger partial charge is 0.354 e. The summed E-state index contributed by atoms with van der Waals surface area (Å²) in [6, 6.07) is 17.4. The molecule has 0 radical (unpaired) electrons. The van der Waals surface area contributed by atoms with Gasteiger partial charge in [-0.1, -0.05) is 66.5 Å². The summed E-state index contributed by atoms with van der Waals surface area (Å²) in [6.07, 6.45) is 0.731. The molecule has 0 fully saturated rings. The molecule has 2 amide bonds. The van der Waals surface area contributed by atoms with Gasteiger partial charge >= 0.3 is 0 Å². The van der Waals surface area contributed by atoms with Crippen molar-refractivity contribution in [3.63, 3.8) is 0 Å². The van der Waals surface area contributed by atoms with Gasteiger partial charge in [0.05, 0.1) is 20.6 Å². The number of aryl methyl sites for hydroxylation is 1. The topological polar surface area (TPSA) is 86.8 Å². The van der Waals surface area contributed by atoms with Gasteiger partial charge in [0.1, 0.15) is 12.6 Å². The van der Waals surface area contributed by atoms with E-state index in [4.69, 9.17) is 23.2 Å². The molecule has 0 aromatic heterocycles. The van der Waals surface area contributed by atoms with Gasteiger partial charge in [-0.15, -0.1) is 0 Å². The molecule has 39 heavy (non-hydrogen) atoms. The van der Waals surface area contributed by atoms with Crippen LogP contribution < -0.4 is 9.62 Å². The monoisotopic (exact) mass is 589 g/mol. The van der Waals surface area contributed by atoms with Crippen LogP contribution in [0.3, 0.4) is 0 Å². The summed E-state index contributed by atoms with van der Waals surface area (Å²) < 4.78 is 28.9. The third-order valence-electron chi connectivity index (χ3n) is 6.51. The number of hydrogen-bond acceptors (Lipinski definition) is 4. The average molecular weight is 591 g/mol. The summed E-state index contributed by atoms with van der Waals surface area (Å²) >= 11 is 12.3. The first-order valence-electron chi connectivity index (χ1n) is 12.6. The lowest BCUT2D eigenvalue weighted by Gasteiger charge is -2.32. The number of carbonyl (C=O) groups is 2. The Morgan fingerprint density at radius 3 is 2.28 bits per heavy atom. The van der Waals surface area contributed by atoms with Gasteiger partial charge in [0.25, 0.3) is 10.0 Å². The van der Waals surface area contributed by atoms with Gasteiger partial charge in [-0.3, -0.25) is 13.9 Å². The van der Waals surface area contributed by atoms with E-state index >= 15 is 0 Å². The van der Waals surface area contributed by atoms with Crippen LogP contribution in [0.5, 0.6) is 0 Å². The van der Waals surface area contributed by atoms with Gasteiger partial charge < -0.3 is 10.2 Å². The highest BCUT2D eigenvalue weighted by Gasteiger charge is 2.33. The average Bonchev–Trinajstić information content (AvgIpc) is 2.92. The maximum atomic E-state index is 14.0. The first-order chi connectivity index (χ1) is 18.5. The highest BCUT2D eigenvalue weighted by Crippen LogP contribution is 2.29. The highest BCUT2D eigenvalue weighted by atomic mass is 35.5. The van der Waals surface area contributed by atoms with Crippen molar-refractivity contribution in [3.05, 3.63) is 93.5 Å². The quantitative estimate of drug-likeness (QED) is 0.308. The van der Waals surface area contributed by atoms with Crippen molar-refractivity contribution in [2.24, 2.45) is 0 Å². The minimum atomic E-state index is -4.12. The number of halogens is 2. The molecule has 0 unspecified atom stereocenters. The molecule has 3 rings (SSSR count). The van der Waals surface area contributed by atoms with Gasteiger partial charge in [-0.25, -0.2) is 8.42 Å². The number of hydrogen-bond donors (Lipinski definition) is 1.